The molecule has 0 amide bonds. The minimum Gasteiger partial charge on any atom is -0.462 e. The Balaban J connectivity index is 1.16. The van der Waals surface area contributed by atoms with E-state index in [0.717, 1.165) is 58.4 Å². The van der Waals surface area contributed by atoms with E-state index in [4.69, 9.17) is 4.74 Å². The topological polar surface area (TPSA) is 32.8 Å². The zero-order valence-corrected chi connectivity index (χ0v) is 17.8. The molecule has 5 rings (SSSR count). The predicted octanol–water partition coefficient (Wildman–Crippen LogP) is 4.74. The molecule has 0 N–H and O–H groups in total. The lowest BCUT2D eigenvalue weighted by molar-refractivity contribution is -0.148. The van der Waals surface area contributed by atoms with Crippen molar-refractivity contribution in [2.45, 2.75) is 44.6 Å². The lowest BCUT2D eigenvalue weighted by Crippen LogP contribution is -2.47. The van der Waals surface area contributed by atoms with Crippen molar-refractivity contribution in [2.75, 3.05) is 37.6 Å². The molecule has 2 aromatic carbocycles. The summed E-state index contributed by atoms with van der Waals surface area (Å²) in [7, 11) is 0. The molecule has 2 aliphatic heterocycles. The number of carbonyl (C=O) groups is 1. The number of esters is 1. The first-order valence-corrected chi connectivity index (χ1v) is 11.6. The molecule has 2 aromatic rings. The number of para-hydroxylation sites is 1. The van der Waals surface area contributed by atoms with Gasteiger partial charge in [-0.25, -0.2) is 0 Å². The second kappa shape index (κ2) is 8.43. The van der Waals surface area contributed by atoms with Crippen molar-refractivity contribution in [1.82, 2.24) is 4.90 Å². The summed E-state index contributed by atoms with van der Waals surface area (Å²) < 4.78 is 5.77. The van der Waals surface area contributed by atoms with Crippen molar-refractivity contribution >= 4 is 11.7 Å². The van der Waals surface area contributed by atoms with E-state index in [2.05, 4.69) is 64.4 Å². The lowest BCUT2D eigenvalue weighted by atomic mass is 9.83. The van der Waals surface area contributed by atoms with Gasteiger partial charge in [-0.15, -0.1) is 0 Å². The van der Waals surface area contributed by atoms with Crippen LogP contribution in [0.3, 0.4) is 0 Å². The van der Waals surface area contributed by atoms with Gasteiger partial charge in [-0.1, -0.05) is 61.4 Å². The fourth-order valence-corrected chi connectivity index (χ4v) is 5.61. The quantitative estimate of drug-likeness (QED) is 0.674. The molecule has 1 saturated carbocycles. The van der Waals surface area contributed by atoms with Gasteiger partial charge < -0.3 is 9.64 Å². The van der Waals surface area contributed by atoms with E-state index < -0.39 is 0 Å². The lowest BCUT2D eigenvalue weighted by Gasteiger charge is -2.37. The Bertz CT molecular complexity index is 868. The molecule has 0 radical (unpaired) electrons. The molecule has 0 aromatic heterocycles. The number of nitrogens with zero attached hydrogens (tertiary/aromatic N) is 2. The second-order valence-corrected chi connectivity index (χ2v) is 9.22. The van der Waals surface area contributed by atoms with Crippen molar-refractivity contribution in [2.24, 2.45) is 5.41 Å². The van der Waals surface area contributed by atoms with Crippen LogP contribution in [0.2, 0.25) is 0 Å². The highest BCUT2D eigenvalue weighted by molar-refractivity contribution is 5.79. The first kappa shape index (κ1) is 19.6. The summed E-state index contributed by atoms with van der Waals surface area (Å²) >= 11 is 0. The molecule has 2 saturated heterocycles. The van der Waals surface area contributed by atoms with Gasteiger partial charge in [0.25, 0.3) is 0 Å². The van der Waals surface area contributed by atoms with E-state index >= 15 is 0 Å². The minimum absolute atomic E-state index is 0.0901. The molecule has 3 aliphatic rings. The van der Waals surface area contributed by atoms with Gasteiger partial charge in [-0.3, -0.25) is 9.69 Å². The van der Waals surface area contributed by atoms with Crippen LogP contribution in [0.5, 0.6) is 0 Å². The Morgan fingerprint density at radius 3 is 2.37 bits per heavy atom. The first-order valence-electron chi connectivity index (χ1n) is 11.6. The molecule has 3 fully saturated rings. The largest absolute Gasteiger partial charge is 0.462 e. The number of ether oxygens (including phenoxy) is 1. The zero-order chi connectivity index (χ0) is 20.4. The highest BCUT2D eigenvalue weighted by atomic mass is 16.6. The molecule has 0 bridgehead atoms. The predicted molar refractivity (Wildman–Crippen MR) is 121 cm³/mol. The van der Waals surface area contributed by atoms with Gasteiger partial charge in [-0.05, 0) is 30.9 Å². The summed E-state index contributed by atoms with van der Waals surface area (Å²) in [5, 5.41) is 0. The number of hydrogen-bond acceptors (Lipinski definition) is 4. The van der Waals surface area contributed by atoms with Gasteiger partial charge in [0.15, 0.2) is 0 Å². The highest BCUT2D eigenvalue weighted by Gasteiger charge is 2.50. The average molecular weight is 405 g/mol. The molecule has 158 valence electrons. The van der Waals surface area contributed by atoms with Crippen molar-refractivity contribution in [3.8, 4) is 11.1 Å². The second-order valence-electron chi connectivity index (χ2n) is 9.22. The van der Waals surface area contributed by atoms with Crippen LogP contribution >= 0.6 is 0 Å². The monoisotopic (exact) mass is 404 g/mol. The summed E-state index contributed by atoms with van der Waals surface area (Å²) in [5.41, 5.74) is 3.80. The maximum absolute atomic E-state index is 12.4. The Hall–Kier alpha value is -2.33. The van der Waals surface area contributed by atoms with Gasteiger partial charge >= 0.3 is 5.97 Å². The fourth-order valence-electron chi connectivity index (χ4n) is 5.61. The van der Waals surface area contributed by atoms with Gasteiger partial charge in [0.05, 0.1) is 5.41 Å². The molecule has 4 nitrogen and oxygen atoms in total. The number of rotatable bonds is 5. The van der Waals surface area contributed by atoms with E-state index in [9.17, 15) is 4.79 Å². The van der Waals surface area contributed by atoms with Crippen LogP contribution in [0.4, 0.5) is 5.69 Å². The molecule has 0 unspecified atom stereocenters. The van der Waals surface area contributed by atoms with E-state index in [-0.39, 0.29) is 17.5 Å². The number of anilines is 1. The maximum atomic E-state index is 12.4. The molecular formula is C26H32N2O2. The normalized spacial score (nSPS) is 23.8. The first-order chi connectivity index (χ1) is 14.7. The molecular weight excluding hydrogens is 372 g/mol. The van der Waals surface area contributed by atoms with Gasteiger partial charge in [0.1, 0.15) is 6.10 Å². The Kier molecular flexibility index (Phi) is 5.51. The van der Waals surface area contributed by atoms with Crippen molar-refractivity contribution in [3.63, 3.8) is 0 Å². The standard InChI is InChI=1S/C26H32N2O2/c29-25-26(13-6-7-14-26)20-22(30-25)12-15-27-16-18-28(19-17-27)24-11-5-4-10-23(24)21-8-2-1-3-9-21/h1-5,8-11,22H,6-7,12-20H2/t22-/m0/s1. The summed E-state index contributed by atoms with van der Waals surface area (Å²) in [6.07, 6.45) is 6.53. The van der Waals surface area contributed by atoms with Crippen LogP contribution in [0.25, 0.3) is 11.1 Å². The smallest absolute Gasteiger partial charge is 0.312 e. The number of hydrogen-bond donors (Lipinski definition) is 0. The van der Waals surface area contributed by atoms with Gasteiger partial charge in [0.2, 0.25) is 0 Å². The number of carbonyl (C=O) groups excluding carboxylic acids is 1. The summed E-state index contributed by atoms with van der Waals surface area (Å²) in [5.74, 6) is 0.0901. The van der Waals surface area contributed by atoms with Crippen LogP contribution < -0.4 is 4.90 Å². The van der Waals surface area contributed by atoms with E-state index in [1.165, 1.54) is 29.7 Å². The summed E-state index contributed by atoms with van der Waals surface area (Å²) in [4.78, 5) is 17.4. The molecule has 30 heavy (non-hydrogen) atoms. The van der Waals surface area contributed by atoms with Crippen molar-refractivity contribution < 1.29 is 9.53 Å². The van der Waals surface area contributed by atoms with E-state index in [1.807, 2.05) is 0 Å². The molecule has 4 heteroatoms. The highest BCUT2D eigenvalue weighted by Crippen LogP contribution is 2.48. The maximum Gasteiger partial charge on any atom is 0.312 e. The van der Waals surface area contributed by atoms with Crippen LogP contribution in [-0.4, -0.2) is 49.7 Å². The van der Waals surface area contributed by atoms with Crippen LogP contribution in [0.1, 0.15) is 38.5 Å². The van der Waals surface area contributed by atoms with Crippen LogP contribution in [0, 0.1) is 5.41 Å². The van der Waals surface area contributed by atoms with E-state index in [1.54, 1.807) is 0 Å². The summed E-state index contributed by atoms with van der Waals surface area (Å²) in [6.45, 7) is 5.24. The molecule has 2 heterocycles. The van der Waals surface area contributed by atoms with Crippen LogP contribution in [-0.2, 0) is 9.53 Å². The molecule has 1 aliphatic carbocycles. The third kappa shape index (κ3) is 3.85. The Morgan fingerprint density at radius 1 is 0.900 bits per heavy atom. The molecule has 1 spiro atoms. The molecule has 1 atom stereocenters. The van der Waals surface area contributed by atoms with Gasteiger partial charge in [0, 0.05) is 50.4 Å². The van der Waals surface area contributed by atoms with Gasteiger partial charge in [-0.2, -0.15) is 0 Å². The third-order valence-electron chi connectivity index (χ3n) is 7.35. The number of cyclic esters (lactones) is 1. The van der Waals surface area contributed by atoms with E-state index in [0.29, 0.717) is 0 Å². The Labute approximate surface area is 179 Å². The van der Waals surface area contributed by atoms with Crippen LogP contribution in [0.15, 0.2) is 54.6 Å². The Morgan fingerprint density at radius 2 is 1.60 bits per heavy atom. The number of piperazine rings is 1. The number of benzene rings is 2. The minimum atomic E-state index is -0.121. The third-order valence-corrected chi connectivity index (χ3v) is 7.35. The average Bonchev–Trinajstić information content (AvgIpc) is 3.40. The zero-order valence-electron chi connectivity index (χ0n) is 17.8. The summed E-state index contributed by atoms with van der Waals surface area (Å²) in [6, 6.07) is 19.4. The SMILES string of the molecule is O=C1O[C@@H](CCN2CCN(c3ccccc3-c3ccccc3)CC2)CC12CCCC2. The van der Waals surface area contributed by atoms with Crippen molar-refractivity contribution in [3.05, 3.63) is 54.6 Å². The van der Waals surface area contributed by atoms with Crippen molar-refractivity contribution in [1.29, 1.82) is 0 Å². The fraction of sp³-hybridized carbons (Fsp3) is 0.500.